The second kappa shape index (κ2) is 10.6. The van der Waals surface area contributed by atoms with Crippen LogP contribution in [0.3, 0.4) is 0 Å². The molecule has 9 nitrogen and oxygen atoms in total. The van der Waals surface area contributed by atoms with E-state index < -0.39 is 10.0 Å². The van der Waals surface area contributed by atoms with E-state index in [0.717, 1.165) is 45.4 Å². The Labute approximate surface area is 196 Å². The first-order valence-corrected chi connectivity index (χ1v) is 13.4. The number of ether oxygens (including phenoxy) is 3. The van der Waals surface area contributed by atoms with Crippen LogP contribution in [0.25, 0.3) is 0 Å². The largest absolute Gasteiger partial charge is 0.490 e. The van der Waals surface area contributed by atoms with Gasteiger partial charge in [-0.15, -0.1) is 0 Å². The Kier molecular flexibility index (Phi) is 7.78. The molecule has 3 unspecified atom stereocenters. The van der Waals surface area contributed by atoms with Gasteiger partial charge in [-0.25, -0.2) is 13.1 Å². The van der Waals surface area contributed by atoms with E-state index >= 15 is 0 Å². The topological polar surface area (TPSA) is 97.4 Å². The molecule has 3 aliphatic rings. The number of hydrogen-bond donors (Lipinski definition) is 1. The number of nitrogens with zero attached hydrogens (tertiary/aromatic N) is 2. The molecule has 1 aromatic rings. The molecule has 1 amide bonds. The van der Waals surface area contributed by atoms with Gasteiger partial charge in [-0.05, 0) is 38.8 Å². The summed E-state index contributed by atoms with van der Waals surface area (Å²) >= 11 is 0. The van der Waals surface area contributed by atoms with E-state index in [9.17, 15) is 13.2 Å². The van der Waals surface area contributed by atoms with Gasteiger partial charge in [-0.1, -0.05) is 0 Å². The predicted octanol–water partition coefficient (Wildman–Crippen LogP) is 1.62. The fourth-order valence-electron chi connectivity index (χ4n) is 4.92. The van der Waals surface area contributed by atoms with Gasteiger partial charge < -0.3 is 19.1 Å². The summed E-state index contributed by atoms with van der Waals surface area (Å²) in [5, 5.41) is 0. The van der Waals surface area contributed by atoms with Crippen LogP contribution in [0.5, 0.6) is 11.5 Å². The third-order valence-electron chi connectivity index (χ3n) is 6.32. The summed E-state index contributed by atoms with van der Waals surface area (Å²) in [4.78, 5) is 17.3. The molecule has 3 heterocycles. The van der Waals surface area contributed by atoms with Crippen molar-refractivity contribution < 1.29 is 27.4 Å². The number of rotatable bonds is 7. The molecule has 0 bridgehead atoms. The molecule has 0 aliphatic carbocycles. The minimum atomic E-state index is -3.75. The van der Waals surface area contributed by atoms with Gasteiger partial charge in [0.25, 0.3) is 0 Å². The van der Waals surface area contributed by atoms with Crippen LogP contribution in [-0.2, 0) is 19.6 Å². The van der Waals surface area contributed by atoms with Crippen molar-refractivity contribution in [1.29, 1.82) is 0 Å². The summed E-state index contributed by atoms with van der Waals surface area (Å²) in [5.41, 5.74) is 0. The molecule has 0 aromatic heterocycles. The van der Waals surface area contributed by atoms with Crippen LogP contribution in [0.2, 0.25) is 0 Å². The van der Waals surface area contributed by atoms with Crippen LogP contribution in [0.15, 0.2) is 23.1 Å². The summed E-state index contributed by atoms with van der Waals surface area (Å²) in [6.07, 6.45) is 3.23. The molecule has 4 rings (SSSR count). The zero-order valence-corrected chi connectivity index (χ0v) is 20.3. The first-order valence-electron chi connectivity index (χ1n) is 11.9. The molecule has 0 spiro atoms. The maximum Gasteiger partial charge on any atom is 0.240 e. The number of carbonyl (C=O) groups is 1. The lowest BCUT2D eigenvalue weighted by molar-refractivity contribution is -0.132. The summed E-state index contributed by atoms with van der Waals surface area (Å²) in [5.74, 6) is 0.970. The van der Waals surface area contributed by atoms with Crippen LogP contribution in [0, 0.1) is 0 Å². The number of benzene rings is 1. The molecule has 1 N–H and O–H groups in total. The molecular weight excluding hydrogens is 446 g/mol. The van der Waals surface area contributed by atoms with Crippen LogP contribution >= 0.6 is 0 Å². The molecule has 2 fully saturated rings. The van der Waals surface area contributed by atoms with Crippen molar-refractivity contribution in [2.24, 2.45) is 0 Å². The van der Waals surface area contributed by atoms with Gasteiger partial charge in [0.05, 0.1) is 30.3 Å². The van der Waals surface area contributed by atoms with Crippen molar-refractivity contribution in [1.82, 2.24) is 14.5 Å². The molecule has 3 aliphatic heterocycles. The van der Waals surface area contributed by atoms with Crippen molar-refractivity contribution in [3.05, 3.63) is 18.2 Å². The quantitative estimate of drug-likeness (QED) is 0.632. The van der Waals surface area contributed by atoms with Crippen molar-refractivity contribution >= 4 is 15.9 Å². The molecule has 0 radical (unpaired) electrons. The number of nitrogens with one attached hydrogen (secondary N) is 1. The van der Waals surface area contributed by atoms with E-state index in [1.54, 1.807) is 6.07 Å². The van der Waals surface area contributed by atoms with Crippen LogP contribution in [0.1, 0.15) is 39.5 Å². The smallest absolute Gasteiger partial charge is 0.240 e. The number of amides is 1. The van der Waals surface area contributed by atoms with Crippen LogP contribution in [0.4, 0.5) is 0 Å². The van der Waals surface area contributed by atoms with Gasteiger partial charge >= 0.3 is 0 Å². The molecule has 0 saturated carbocycles. The molecule has 1 aromatic carbocycles. The summed E-state index contributed by atoms with van der Waals surface area (Å²) in [6.45, 7) is 8.56. The Morgan fingerprint density at radius 2 is 1.82 bits per heavy atom. The van der Waals surface area contributed by atoms with Crippen LogP contribution < -0.4 is 14.2 Å². The highest BCUT2D eigenvalue weighted by molar-refractivity contribution is 7.89. The first-order chi connectivity index (χ1) is 15.8. The Morgan fingerprint density at radius 3 is 2.58 bits per heavy atom. The maximum atomic E-state index is 12.9. The first kappa shape index (κ1) is 24.3. The fourth-order valence-corrected chi connectivity index (χ4v) is 5.96. The van der Waals surface area contributed by atoms with E-state index in [4.69, 9.17) is 14.2 Å². The zero-order chi connectivity index (χ0) is 23.4. The Morgan fingerprint density at radius 1 is 1.09 bits per heavy atom. The highest BCUT2D eigenvalue weighted by Gasteiger charge is 2.32. The van der Waals surface area contributed by atoms with E-state index in [1.807, 2.05) is 4.90 Å². The molecular formula is C23H35N3O6S. The van der Waals surface area contributed by atoms with Crippen molar-refractivity contribution in [3.63, 3.8) is 0 Å². The van der Waals surface area contributed by atoms with Gasteiger partial charge in [-0.3, -0.25) is 9.69 Å². The average molecular weight is 482 g/mol. The van der Waals surface area contributed by atoms with E-state index in [2.05, 4.69) is 23.5 Å². The highest BCUT2D eigenvalue weighted by Crippen LogP contribution is 2.31. The van der Waals surface area contributed by atoms with E-state index in [0.29, 0.717) is 24.7 Å². The zero-order valence-electron chi connectivity index (χ0n) is 19.5. The van der Waals surface area contributed by atoms with Gasteiger partial charge in [0, 0.05) is 57.7 Å². The second-order valence-corrected chi connectivity index (χ2v) is 10.9. The van der Waals surface area contributed by atoms with Gasteiger partial charge in [0.2, 0.25) is 15.9 Å². The lowest BCUT2D eigenvalue weighted by atomic mass is 10.1. The highest BCUT2D eigenvalue weighted by atomic mass is 32.2. The molecule has 184 valence electrons. The van der Waals surface area contributed by atoms with Gasteiger partial charge in [-0.2, -0.15) is 0 Å². The Balaban J connectivity index is 1.29. The SMILES string of the molecule is CC1CN(CC2CCCN2C(=O)CCNS(=O)(=O)c2ccc3c(c2)OCCCO3)CC(C)O1. The van der Waals surface area contributed by atoms with Crippen LogP contribution in [-0.4, -0.2) is 88.3 Å². The number of morpholine rings is 1. The van der Waals surface area contributed by atoms with Gasteiger partial charge in [0.15, 0.2) is 11.5 Å². The normalized spacial score (nSPS) is 26.2. The fraction of sp³-hybridized carbons (Fsp3) is 0.696. The number of sulfonamides is 1. The van der Waals surface area contributed by atoms with E-state index in [-0.39, 0.29) is 42.0 Å². The molecule has 2 saturated heterocycles. The van der Waals surface area contributed by atoms with E-state index in [1.165, 1.54) is 12.1 Å². The summed E-state index contributed by atoms with van der Waals surface area (Å²) < 4.78 is 45.0. The third-order valence-corrected chi connectivity index (χ3v) is 7.78. The minimum Gasteiger partial charge on any atom is -0.490 e. The minimum absolute atomic E-state index is 0.00628. The number of hydrogen-bond acceptors (Lipinski definition) is 7. The monoisotopic (exact) mass is 481 g/mol. The Hall–Kier alpha value is -1.88. The molecule has 10 heteroatoms. The molecule has 3 atom stereocenters. The van der Waals surface area contributed by atoms with Crippen molar-refractivity contribution in [2.75, 3.05) is 45.9 Å². The standard InChI is InChI=1S/C23H35N3O6S/c1-17-14-25(15-18(2)32-17)16-19-5-3-10-26(19)23(27)8-9-24-33(28,29)20-6-7-21-22(13-20)31-12-4-11-30-21/h6-7,13,17-19,24H,3-5,8-12,14-16H2,1-2H3. The van der Waals surface area contributed by atoms with Gasteiger partial charge in [0.1, 0.15) is 0 Å². The summed E-state index contributed by atoms with van der Waals surface area (Å²) in [7, 11) is -3.75. The summed E-state index contributed by atoms with van der Waals surface area (Å²) in [6, 6.07) is 4.76. The number of fused-ring (bicyclic) bond motifs is 1. The number of carbonyl (C=O) groups excluding carboxylic acids is 1. The van der Waals surface area contributed by atoms with Crippen molar-refractivity contribution in [3.8, 4) is 11.5 Å². The second-order valence-electron chi connectivity index (χ2n) is 9.17. The average Bonchev–Trinajstić information content (AvgIpc) is 3.08. The molecule has 33 heavy (non-hydrogen) atoms. The Bertz CT molecular complexity index is 930. The number of likely N-dealkylation sites (tertiary alicyclic amines) is 1. The third kappa shape index (κ3) is 6.17. The lowest BCUT2D eigenvalue weighted by Gasteiger charge is -2.38. The lowest BCUT2D eigenvalue weighted by Crippen LogP contribution is -2.51. The van der Waals surface area contributed by atoms with Crippen molar-refractivity contribution in [2.45, 2.75) is 62.7 Å². The maximum absolute atomic E-state index is 12.9. The predicted molar refractivity (Wildman–Crippen MR) is 123 cm³/mol.